The van der Waals surface area contributed by atoms with Crippen LogP contribution in [0.3, 0.4) is 0 Å². The Kier molecular flexibility index (Phi) is 6.03. The van der Waals surface area contributed by atoms with E-state index in [-0.39, 0.29) is 11.8 Å². The summed E-state index contributed by atoms with van der Waals surface area (Å²) < 4.78 is 7.84. The number of ether oxygens (including phenoxy) is 1. The van der Waals surface area contributed by atoms with Gasteiger partial charge in [-0.1, -0.05) is 24.3 Å². The zero-order valence-electron chi connectivity index (χ0n) is 19.3. The molecule has 0 spiro atoms. The SMILES string of the molecule is Cc1cc(Oc2ccccc2C)nc(C2CCN(C(=O)c3cccc(-n4cnnc4)c3)CC2)n1. The molecule has 0 N–H and O–H groups in total. The number of likely N-dealkylation sites (tertiary alicyclic amines) is 1. The van der Waals surface area contributed by atoms with Gasteiger partial charge in [-0.3, -0.25) is 9.36 Å². The predicted octanol–water partition coefficient (Wildman–Crippen LogP) is 4.49. The Morgan fingerprint density at radius 3 is 2.47 bits per heavy atom. The van der Waals surface area contributed by atoms with Crippen LogP contribution in [-0.2, 0) is 0 Å². The lowest BCUT2D eigenvalue weighted by Gasteiger charge is -2.31. The van der Waals surface area contributed by atoms with E-state index in [1.165, 1.54) is 0 Å². The smallest absolute Gasteiger partial charge is 0.253 e. The number of aromatic nitrogens is 5. The Labute approximate surface area is 198 Å². The van der Waals surface area contributed by atoms with Crippen LogP contribution in [0.15, 0.2) is 67.3 Å². The number of piperidine rings is 1. The second kappa shape index (κ2) is 9.43. The Morgan fingerprint density at radius 2 is 1.71 bits per heavy atom. The highest BCUT2D eigenvalue weighted by molar-refractivity contribution is 5.94. The van der Waals surface area contributed by atoms with Gasteiger partial charge in [0.05, 0.1) is 0 Å². The number of para-hydroxylation sites is 1. The fraction of sp³-hybridized carbons (Fsp3) is 0.269. The highest BCUT2D eigenvalue weighted by Crippen LogP contribution is 2.30. The summed E-state index contributed by atoms with van der Waals surface area (Å²) in [6.45, 7) is 5.29. The summed E-state index contributed by atoms with van der Waals surface area (Å²) in [6, 6.07) is 17.3. The average molecular weight is 455 g/mol. The van der Waals surface area contributed by atoms with Crippen molar-refractivity contribution >= 4 is 5.91 Å². The lowest BCUT2D eigenvalue weighted by atomic mass is 9.95. The molecule has 4 aromatic rings. The lowest BCUT2D eigenvalue weighted by molar-refractivity contribution is 0.0710. The maximum Gasteiger partial charge on any atom is 0.253 e. The number of amides is 1. The van der Waals surface area contributed by atoms with Gasteiger partial charge >= 0.3 is 0 Å². The monoisotopic (exact) mass is 454 g/mol. The summed E-state index contributed by atoms with van der Waals surface area (Å²) in [7, 11) is 0. The maximum absolute atomic E-state index is 13.1. The fourth-order valence-corrected chi connectivity index (χ4v) is 4.24. The van der Waals surface area contributed by atoms with E-state index in [0.717, 1.165) is 41.4 Å². The van der Waals surface area contributed by atoms with Gasteiger partial charge in [0.15, 0.2) is 0 Å². The number of carbonyl (C=O) groups excluding carboxylic acids is 1. The molecule has 8 nitrogen and oxygen atoms in total. The first-order valence-corrected chi connectivity index (χ1v) is 11.4. The van der Waals surface area contributed by atoms with Crippen LogP contribution in [0.5, 0.6) is 11.6 Å². The van der Waals surface area contributed by atoms with E-state index >= 15 is 0 Å². The standard InChI is InChI=1S/C26H26N6O2/c1-18-6-3-4-9-23(18)34-24-14-19(2)29-25(30-24)20-10-12-31(13-11-20)26(33)21-7-5-8-22(15-21)32-16-27-28-17-32/h3-9,14-17,20H,10-13H2,1-2H3. The molecule has 1 aliphatic heterocycles. The molecule has 1 aliphatic rings. The topological polar surface area (TPSA) is 86.0 Å². The molecule has 5 rings (SSSR count). The predicted molar refractivity (Wildman–Crippen MR) is 127 cm³/mol. The molecular weight excluding hydrogens is 428 g/mol. The third kappa shape index (κ3) is 4.66. The van der Waals surface area contributed by atoms with Crippen molar-refractivity contribution in [1.82, 2.24) is 29.6 Å². The van der Waals surface area contributed by atoms with Crippen molar-refractivity contribution < 1.29 is 9.53 Å². The zero-order chi connectivity index (χ0) is 23.5. The molecule has 2 aromatic carbocycles. The number of hydrogen-bond acceptors (Lipinski definition) is 6. The Bertz CT molecular complexity index is 1300. The molecular formula is C26H26N6O2. The van der Waals surface area contributed by atoms with Crippen molar-refractivity contribution in [2.75, 3.05) is 13.1 Å². The van der Waals surface area contributed by atoms with Crippen molar-refractivity contribution in [2.24, 2.45) is 0 Å². The van der Waals surface area contributed by atoms with Crippen molar-refractivity contribution in [3.05, 3.63) is 89.9 Å². The number of rotatable bonds is 5. The average Bonchev–Trinajstić information content (AvgIpc) is 3.40. The van der Waals surface area contributed by atoms with Gasteiger partial charge in [-0.25, -0.2) is 4.98 Å². The van der Waals surface area contributed by atoms with Gasteiger partial charge < -0.3 is 9.64 Å². The summed E-state index contributed by atoms with van der Waals surface area (Å²) in [5.74, 6) is 2.35. The van der Waals surface area contributed by atoms with Crippen molar-refractivity contribution in [3.8, 4) is 17.3 Å². The summed E-state index contributed by atoms with van der Waals surface area (Å²) in [4.78, 5) is 24.4. The van der Waals surface area contributed by atoms with E-state index < -0.39 is 0 Å². The largest absolute Gasteiger partial charge is 0.439 e. The van der Waals surface area contributed by atoms with Crippen LogP contribution >= 0.6 is 0 Å². The van der Waals surface area contributed by atoms with E-state index in [1.807, 2.05) is 73.3 Å². The summed E-state index contributed by atoms with van der Waals surface area (Å²) >= 11 is 0. The van der Waals surface area contributed by atoms with Crippen LogP contribution in [0.4, 0.5) is 0 Å². The lowest BCUT2D eigenvalue weighted by Crippen LogP contribution is -2.38. The van der Waals surface area contributed by atoms with E-state index in [9.17, 15) is 4.79 Å². The van der Waals surface area contributed by atoms with Crippen LogP contribution in [-0.4, -0.2) is 48.6 Å². The molecule has 0 unspecified atom stereocenters. The molecule has 172 valence electrons. The summed E-state index contributed by atoms with van der Waals surface area (Å²) in [5, 5.41) is 7.67. The Balaban J connectivity index is 1.26. The quantitative estimate of drug-likeness (QED) is 0.442. The van der Waals surface area contributed by atoms with Crippen molar-refractivity contribution in [1.29, 1.82) is 0 Å². The maximum atomic E-state index is 13.1. The van der Waals surface area contributed by atoms with E-state index in [4.69, 9.17) is 9.72 Å². The first kappa shape index (κ1) is 21.8. The molecule has 3 heterocycles. The van der Waals surface area contributed by atoms with Gasteiger partial charge in [0.1, 0.15) is 24.2 Å². The van der Waals surface area contributed by atoms with Gasteiger partial charge in [-0.15, -0.1) is 10.2 Å². The van der Waals surface area contributed by atoms with E-state index in [2.05, 4.69) is 15.2 Å². The Hall–Kier alpha value is -4.07. The normalized spacial score (nSPS) is 14.2. The van der Waals surface area contributed by atoms with Gasteiger partial charge in [-0.2, -0.15) is 4.98 Å². The number of hydrogen-bond donors (Lipinski definition) is 0. The molecule has 1 fully saturated rings. The highest BCUT2D eigenvalue weighted by atomic mass is 16.5. The molecule has 2 aromatic heterocycles. The fourth-order valence-electron chi connectivity index (χ4n) is 4.24. The zero-order valence-corrected chi connectivity index (χ0v) is 19.3. The van der Waals surface area contributed by atoms with Crippen LogP contribution in [0, 0.1) is 13.8 Å². The molecule has 0 aliphatic carbocycles. The first-order chi connectivity index (χ1) is 16.6. The van der Waals surface area contributed by atoms with Gasteiger partial charge in [-0.05, 0) is 56.5 Å². The van der Waals surface area contributed by atoms with Crippen LogP contribution in [0.2, 0.25) is 0 Å². The first-order valence-electron chi connectivity index (χ1n) is 11.4. The minimum absolute atomic E-state index is 0.0297. The molecule has 8 heteroatoms. The second-order valence-electron chi connectivity index (χ2n) is 8.56. The Morgan fingerprint density at radius 1 is 0.941 bits per heavy atom. The van der Waals surface area contributed by atoms with Crippen LogP contribution < -0.4 is 4.74 Å². The van der Waals surface area contributed by atoms with Crippen LogP contribution in [0.1, 0.15) is 46.2 Å². The van der Waals surface area contributed by atoms with Crippen molar-refractivity contribution in [3.63, 3.8) is 0 Å². The third-order valence-corrected chi connectivity index (χ3v) is 6.11. The van der Waals surface area contributed by atoms with Gasteiger partial charge in [0, 0.05) is 42.0 Å². The molecule has 0 atom stereocenters. The minimum Gasteiger partial charge on any atom is -0.439 e. The number of aryl methyl sites for hydroxylation is 2. The van der Waals surface area contributed by atoms with Crippen LogP contribution in [0.25, 0.3) is 5.69 Å². The second-order valence-corrected chi connectivity index (χ2v) is 8.56. The minimum atomic E-state index is 0.0297. The number of nitrogens with zero attached hydrogens (tertiary/aromatic N) is 6. The van der Waals surface area contributed by atoms with E-state index in [0.29, 0.717) is 24.5 Å². The molecule has 1 saturated heterocycles. The van der Waals surface area contributed by atoms with E-state index in [1.54, 1.807) is 17.2 Å². The summed E-state index contributed by atoms with van der Waals surface area (Å²) in [5.41, 5.74) is 3.45. The highest BCUT2D eigenvalue weighted by Gasteiger charge is 2.27. The summed E-state index contributed by atoms with van der Waals surface area (Å²) in [6.07, 6.45) is 4.86. The van der Waals surface area contributed by atoms with Gasteiger partial charge in [0.25, 0.3) is 5.91 Å². The molecule has 1 amide bonds. The third-order valence-electron chi connectivity index (χ3n) is 6.11. The van der Waals surface area contributed by atoms with Gasteiger partial charge in [0.2, 0.25) is 5.88 Å². The molecule has 0 radical (unpaired) electrons. The number of carbonyl (C=O) groups is 1. The molecule has 0 saturated carbocycles. The number of benzene rings is 2. The molecule has 34 heavy (non-hydrogen) atoms. The molecule has 0 bridgehead atoms. The van der Waals surface area contributed by atoms with Crippen molar-refractivity contribution in [2.45, 2.75) is 32.6 Å².